The van der Waals surface area contributed by atoms with Crippen LogP contribution >= 0.6 is 0 Å². The number of rotatable bonds is 5. The number of ether oxygens (including phenoxy) is 3. The monoisotopic (exact) mass is 252 g/mol. The molecular formula is C14H20O4. The van der Waals surface area contributed by atoms with Crippen LogP contribution in [0.3, 0.4) is 0 Å². The molecule has 1 aliphatic rings. The molecular weight excluding hydrogens is 232 g/mol. The summed E-state index contributed by atoms with van der Waals surface area (Å²) < 4.78 is 16.4. The lowest BCUT2D eigenvalue weighted by atomic mass is 9.96. The topological polar surface area (TPSA) is 47.9 Å². The molecule has 1 fully saturated rings. The van der Waals surface area contributed by atoms with Crippen LogP contribution in [0.1, 0.15) is 19.8 Å². The second kappa shape index (κ2) is 6.07. The fraction of sp³-hybridized carbons (Fsp3) is 0.571. The molecule has 18 heavy (non-hydrogen) atoms. The van der Waals surface area contributed by atoms with Crippen LogP contribution in [0.2, 0.25) is 0 Å². The second-order valence-corrected chi connectivity index (χ2v) is 4.51. The van der Waals surface area contributed by atoms with Gasteiger partial charge >= 0.3 is 0 Å². The van der Waals surface area contributed by atoms with Gasteiger partial charge in [0.1, 0.15) is 12.2 Å². The fourth-order valence-electron chi connectivity index (χ4n) is 1.95. The van der Waals surface area contributed by atoms with Crippen molar-refractivity contribution in [3.05, 3.63) is 24.3 Å². The Morgan fingerprint density at radius 1 is 1.17 bits per heavy atom. The number of benzene rings is 1. The molecule has 0 amide bonds. The Balaban J connectivity index is 1.96. The average Bonchev–Trinajstić information content (AvgIpc) is 2.39. The standard InChI is InChI=1S/C14H20O4/c1-2-17-12-5-3-4-6-13(12)18-11-14(15)7-9-16-10-8-14/h3-6,15H,2,7-11H2,1H3. The third-order valence-electron chi connectivity index (χ3n) is 3.07. The summed E-state index contributed by atoms with van der Waals surface area (Å²) in [6.07, 6.45) is 1.23. The number of para-hydroxylation sites is 2. The van der Waals surface area contributed by atoms with Gasteiger partial charge in [-0.05, 0) is 19.1 Å². The van der Waals surface area contributed by atoms with Gasteiger partial charge in [-0.2, -0.15) is 0 Å². The van der Waals surface area contributed by atoms with Crippen LogP contribution < -0.4 is 9.47 Å². The maximum absolute atomic E-state index is 10.3. The van der Waals surface area contributed by atoms with Gasteiger partial charge in [0.25, 0.3) is 0 Å². The average molecular weight is 252 g/mol. The maximum Gasteiger partial charge on any atom is 0.161 e. The second-order valence-electron chi connectivity index (χ2n) is 4.51. The van der Waals surface area contributed by atoms with Gasteiger partial charge in [0, 0.05) is 26.1 Å². The molecule has 1 aromatic rings. The third-order valence-corrected chi connectivity index (χ3v) is 3.07. The molecule has 0 aromatic heterocycles. The SMILES string of the molecule is CCOc1ccccc1OCC1(O)CCOCC1. The molecule has 0 aliphatic carbocycles. The van der Waals surface area contributed by atoms with Crippen molar-refractivity contribution in [2.75, 3.05) is 26.4 Å². The van der Waals surface area contributed by atoms with Crippen molar-refractivity contribution in [3.8, 4) is 11.5 Å². The van der Waals surface area contributed by atoms with Crippen LogP contribution in [0.25, 0.3) is 0 Å². The summed E-state index contributed by atoms with van der Waals surface area (Å²) in [5, 5.41) is 10.3. The van der Waals surface area contributed by atoms with E-state index in [4.69, 9.17) is 14.2 Å². The molecule has 4 heteroatoms. The number of hydrogen-bond acceptors (Lipinski definition) is 4. The minimum atomic E-state index is -0.780. The summed E-state index contributed by atoms with van der Waals surface area (Å²) in [5.41, 5.74) is -0.780. The van der Waals surface area contributed by atoms with Gasteiger partial charge in [0.2, 0.25) is 0 Å². The summed E-state index contributed by atoms with van der Waals surface area (Å²) in [6, 6.07) is 7.52. The summed E-state index contributed by atoms with van der Waals surface area (Å²) in [7, 11) is 0. The van der Waals surface area contributed by atoms with Crippen LogP contribution in [0, 0.1) is 0 Å². The predicted molar refractivity (Wildman–Crippen MR) is 68.1 cm³/mol. The van der Waals surface area contributed by atoms with Gasteiger partial charge in [-0.1, -0.05) is 12.1 Å². The first-order valence-electron chi connectivity index (χ1n) is 6.38. The van der Waals surface area contributed by atoms with Crippen molar-refractivity contribution in [3.63, 3.8) is 0 Å². The van der Waals surface area contributed by atoms with Crippen molar-refractivity contribution in [1.29, 1.82) is 0 Å². The third kappa shape index (κ3) is 3.37. The van der Waals surface area contributed by atoms with Gasteiger partial charge in [-0.15, -0.1) is 0 Å². The smallest absolute Gasteiger partial charge is 0.161 e. The van der Waals surface area contributed by atoms with Crippen LogP contribution in [0.4, 0.5) is 0 Å². The summed E-state index contributed by atoms with van der Waals surface area (Å²) in [5.74, 6) is 1.40. The number of hydrogen-bond donors (Lipinski definition) is 1. The lowest BCUT2D eigenvalue weighted by Gasteiger charge is -2.31. The highest BCUT2D eigenvalue weighted by Gasteiger charge is 2.30. The highest BCUT2D eigenvalue weighted by Crippen LogP contribution is 2.29. The Morgan fingerprint density at radius 2 is 1.78 bits per heavy atom. The zero-order chi connectivity index (χ0) is 12.8. The van der Waals surface area contributed by atoms with Gasteiger partial charge < -0.3 is 19.3 Å². The fourth-order valence-corrected chi connectivity index (χ4v) is 1.95. The Labute approximate surface area is 107 Å². The van der Waals surface area contributed by atoms with Crippen LogP contribution in [-0.2, 0) is 4.74 Å². The first-order chi connectivity index (χ1) is 8.73. The van der Waals surface area contributed by atoms with Crippen molar-refractivity contribution >= 4 is 0 Å². The van der Waals surface area contributed by atoms with E-state index < -0.39 is 5.60 Å². The molecule has 1 heterocycles. The molecule has 1 N–H and O–H groups in total. The molecule has 0 atom stereocenters. The van der Waals surface area contributed by atoms with Crippen molar-refractivity contribution in [2.24, 2.45) is 0 Å². The minimum Gasteiger partial charge on any atom is -0.490 e. The number of aliphatic hydroxyl groups is 1. The molecule has 1 saturated heterocycles. The van der Waals surface area contributed by atoms with E-state index in [2.05, 4.69) is 0 Å². The van der Waals surface area contributed by atoms with E-state index in [1.165, 1.54) is 0 Å². The van der Waals surface area contributed by atoms with E-state index in [0.29, 0.717) is 38.4 Å². The quantitative estimate of drug-likeness (QED) is 0.870. The first kappa shape index (κ1) is 13.2. The maximum atomic E-state index is 10.3. The van der Waals surface area contributed by atoms with E-state index in [1.807, 2.05) is 31.2 Å². The summed E-state index contributed by atoms with van der Waals surface area (Å²) >= 11 is 0. The predicted octanol–water partition coefficient (Wildman–Crippen LogP) is 2.01. The zero-order valence-electron chi connectivity index (χ0n) is 10.7. The van der Waals surface area contributed by atoms with E-state index in [-0.39, 0.29) is 6.61 Å². The van der Waals surface area contributed by atoms with Crippen LogP contribution in [0.5, 0.6) is 11.5 Å². The van der Waals surface area contributed by atoms with Crippen molar-refractivity contribution in [2.45, 2.75) is 25.4 Å². The minimum absolute atomic E-state index is 0.278. The molecule has 0 radical (unpaired) electrons. The Kier molecular flexibility index (Phi) is 4.44. The first-order valence-corrected chi connectivity index (χ1v) is 6.38. The van der Waals surface area contributed by atoms with Gasteiger partial charge in [0.05, 0.1) is 6.61 Å². The molecule has 1 aliphatic heterocycles. The Hall–Kier alpha value is -1.26. The van der Waals surface area contributed by atoms with Crippen LogP contribution in [-0.4, -0.2) is 37.1 Å². The molecule has 0 saturated carbocycles. The van der Waals surface area contributed by atoms with E-state index >= 15 is 0 Å². The normalized spacial score (nSPS) is 18.3. The summed E-state index contributed by atoms with van der Waals surface area (Å²) in [4.78, 5) is 0. The summed E-state index contributed by atoms with van der Waals surface area (Å²) in [6.45, 7) is 3.99. The Bertz CT molecular complexity index is 372. The van der Waals surface area contributed by atoms with E-state index in [1.54, 1.807) is 0 Å². The van der Waals surface area contributed by atoms with Gasteiger partial charge in [-0.25, -0.2) is 0 Å². The van der Waals surface area contributed by atoms with Crippen LogP contribution in [0.15, 0.2) is 24.3 Å². The molecule has 1 aromatic carbocycles. The highest BCUT2D eigenvalue weighted by atomic mass is 16.5. The van der Waals surface area contributed by atoms with E-state index in [0.717, 1.165) is 5.75 Å². The molecule has 100 valence electrons. The van der Waals surface area contributed by atoms with Gasteiger partial charge in [0.15, 0.2) is 11.5 Å². The molecule has 0 bridgehead atoms. The molecule has 2 rings (SSSR count). The van der Waals surface area contributed by atoms with Crippen molar-refractivity contribution < 1.29 is 19.3 Å². The lowest BCUT2D eigenvalue weighted by molar-refractivity contribution is -0.0858. The highest BCUT2D eigenvalue weighted by molar-refractivity contribution is 5.39. The lowest BCUT2D eigenvalue weighted by Crippen LogP contribution is -2.41. The Morgan fingerprint density at radius 3 is 2.39 bits per heavy atom. The van der Waals surface area contributed by atoms with E-state index in [9.17, 15) is 5.11 Å². The van der Waals surface area contributed by atoms with Crippen molar-refractivity contribution in [1.82, 2.24) is 0 Å². The largest absolute Gasteiger partial charge is 0.490 e. The molecule has 0 unspecified atom stereocenters. The van der Waals surface area contributed by atoms with Gasteiger partial charge in [-0.3, -0.25) is 0 Å². The zero-order valence-corrected chi connectivity index (χ0v) is 10.7. The molecule has 4 nitrogen and oxygen atoms in total. The molecule has 0 spiro atoms.